The van der Waals surface area contributed by atoms with E-state index in [-0.39, 0.29) is 0 Å². The van der Waals surface area contributed by atoms with Crippen LogP contribution >= 0.6 is 0 Å². The van der Waals surface area contributed by atoms with Gasteiger partial charge in [-0.3, -0.25) is 4.74 Å². The molecule has 7 heavy (non-hydrogen) atoms. The first-order chi connectivity index (χ1) is 3.29. The van der Waals surface area contributed by atoms with Crippen LogP contribution in [0.3, 0.4) is 0 Å². The topological polar surface area (TPSA) is 27.7 Å². The number of alkyl halides is 2. The summed E-state index contributed by atoms with van der Waals surface area (Å²) in [6.07, 6.45) is 0. The van der Waals surface area contributed by atoms with Crippen LogP contribution in [0, 0.1) is 0 Å². The van der Waals surface area contributed by atoms with E-state index in [4.69, 9.17) is 0 Å². The molecular formula is C2H2F2O3. The number of hydrogen-bond acceptors (Lipinski definition) is 3. The van der Waals surface area contributed by atoms with E-state index in [0.29, 0.717) is 0 Å². The van der Waals surface area contributed by atoms with Crippen LogP contribution in [0.4, 0.5) is 8.78 Å². The minimum Gasteiger partial charge on any atom is -0.264 e. The predicted molar refractivity (Wildman–Crippen MR) is 13.0 cm³/mol. The summed E-state index contributed by atoms with van der Waals surface area (Å²) in [6, 6.07) is 0. The lowest BCUT2D eigenvalue weighted by Gasteiger charge is -1.87. The van der Waals surface area contributed by atoms with Gasteiger partial charge in [0, 0.05) is 0 Å². The Hall–Kier alpha value is -0.260. The summed E-state index contributed by atoms with van der Waals surface area (Å²) < 4.78 is 26.3. The lowest BCUT2D eigenvalue weighted by Crippen LogP contribution is -2.00. The maximum atomic E-state index is 11.4. The molecule has 0 radical (unpaired) electrons. The van der Waals surface area contributed by atoms with Gasteiger partial charge in [-0.15, -0.1) is 0 Å². The summed E-state index contributed by atoms with van der Waals surface area (Å²) in [5.41, 5.74) is 0. The molecule has 0 saturated carbocycles. The van der Waals surface area contributed by atoms with Crippen molar-refractivity contribution in [3.05, 3.63) is 0 Å². The molecular weight excluding hydrogens is 110 g/mol. The van der Waals surface area contributed by atoms with Gasteiger partial charge in [0.25, 0.3) is 0 Å². The minimum absolute atomic E-state index is 2.07. The normalized spacial score (nSPS) is 42.0. The van der Waals surface area contributed by atoms with Crippen molar-refractivity contribution < 1.29 is 23.3 Å². The van der Waals surface area contributed by atoms with Crippen LogP contribution in [0.1, 0.15) is 0 Å². The molecule has 0 aromatic heterocycles. The minimum atomic E-state index is -2.07. The van der Waals surface area contributed by atoms with Gasteiger partial charge in [-0.05, 0) is 0 Å². The Balaban J connectivity index is 2.26. The monoisotopic (exact) mass is 112 g/mol. The Kier molecular flexibility index (Phi) is 1.18. The summed E-state index contributed by atoms with van der Waals surface area (Å²) >= 11 is 0. The maximum absolute atomic E-state index is 11.4. The van der Waals surface area contributed by atoms with E-state index in [1.165, 1.54) is 0 Å². The van der Waals surface area contributed by atoms with E-state index in [9.17, 15) is 8.78 Å². The van der Waals surface area contributed by atoms with Gasteiger partial charge >= 0.3 is 13.1 Å². The highest BCUT2D eigenvalue weighted by Gasteiger charge is 2.26. The molecule has 1 fully saturated rings. The van der Waals surface area contributed by atoms with Crippen molar-refractivity contribution in [2.45, 2.75) is 13.1 Å². The average Bonchev–Trinajstić information content (AvgIpc) is 1.87. The molecule has 0 aromatic rings. The fourth-order valence-corrected chi connectivity index (χ4v) is 0.217. The van der Waals surface area contributed by atoms with E-state index in [1.54, 1.807) is 0 Å². The molecule has 3 nitrogen and oxygen atoms in total. The van der Waals surface area contributed by atoms with Crippen molar-refractivity contribution in [2.75, 3.05) is 0 Å². The first-order valence-corrected chi connectivity index (χ1v) is 1.55. The Labute approximate surface area is 37.7 Å². The van der Waals surface area contributed by atoms with Gasteiger partial charge in [0.15, 0.2) is 0 Å². The summed E-state index contributed by atoms with van der Waals surface area (Å²) in [4.78, 5) is 7.00. The van der Waals surface area contributed by atoms with E-state index >= 15 is 0 Å². The Morgan fingerprint density at radius 2 is 1.43 bits per heavy atom. The molecule has 1 heterocycles. The van der Waals surface area contributed by atoms with Crippen molar-refractivity contribution in [1.82, 2.24) is 0 Å². The highest BCUT2D eigenvalue weighted by Crippen LogP contribution is 2.13. The third kappa shape index (κ3) is 1.05. The number of ether oxygens (including phenoxy) is 1. The van der Waals surface area contributed by atoms with E-state index in [2.05, 4.69) is 14.5 Å². The highest BCUT2D eigenvalue weighted by atomic mass is 19.2. The largest absolute Gasteiger partial charge is 0.341 e. The first kappa shape index (κ1) is 4.89. The highest BCUT2D eigenvalue weighted by molar-refractivity contribution is 4.18. The lowest BCUT2D eigenvalue weighted by atomic mass is 11.3. The molecule has 1 saturated heterocycles. The maximum Gasteiger partial charge on any atom is 0.341 e. The molecule has 0 aliphatic carbocycles. The van der Waals surface area contributed by atoms with E-state index in [0.717, 1.165) is 0 Å². The zero-order chi connectivity index (χ0) is 5.28. The van der Waals surface area contributed by atoms with Crippen molar-refractivity contribution in [3.8, 4) is 0 Å². The standard InChI is InChI=1S/C2H2F2O3/c3-1-5-2(4)7-6-1/h1-2H. The van der Waals surface area contributed by atoms with E-state index < -0.39 is 13.1 Å². The second-order valence-electron chi connectivity index (χ2n) is 0.877. The van der Waals surface area contributed by atoms with E-state index in [1.807, 2.05) is 0 Å². The Bertz CT molecular complexity index is 60.0. The molecule has 5 heteroatoms. The number of halogens is 2. The molecule has 1 rings (SSSR count). The van der Waals surface area contributed by atoms with Gasteiger partial charge in [0.1, 0.15) is 0 Å². The molecule has 1 aliphatic heterocycles. The van der Waals surface area contributed by atoms with Gasteiger partial charge in [-0.1, -0.05) is 0 Å². The second kappa shape index (κ2) is 1.69. The summed E-state index contributed by atoms with van der Waals surface area (Å²) in [5.74, 6) is 0. The van der Waals surface area contributed by atoms with Crippen LogP contribution in [0.2, 0.25) is 0 Å². The van der Waals surface area contributed by atoms with Crippen LogP contribution < -0.4 is 0 Å². The molecule has 0 aromatic carbocycles. The van der Waals surface area contributed by atoms with Crippen molar-refractivity contribution >= 4 is 0 Å². The molecule has 0 amide bonds. The molecule has 2 atom stereocenters. The van der Waals surface area contributed by atoms with Crippen molar-refractivity contribution in [3.63, 3.8) is 0 Å². The smallest absolute Gasteiger partial charge is 0.264 e. The SMILES string of the molecule is FC1OOC(F)O1. The zero-order valence-corrected chi connectivity index (χ0v) is 3.14. The predicted octanol–water partition coefficient (Wildman–Crippen LogP) is 0.471. The molecule has 42 valence electrons. The third-order valence-electron chi connectivity index (χ3n) is 0.421. The molecule has 1 aliphatic rings. The Morgan fingerprint density at radius 3 is 1.57 bits per heavy atom. The number of hydrogen-bond donors (Lipinski definition) is 0. The number of rotatable bonds is 0. The molecule has 0 bridgehead atoms. The molecule has 0 N–H and O–H groups in total. The third-order valence-corrected chi connectivity index (χ3v) is 0.421. The van der Waals surface area contributed by atoms with Gasteiger partial charge in [0.05, 0.1) is 0 Å². The average molecular weight is 112 g/mol. The summed E-state index contributed by atoms with van der Waals surface area (Å²) in [7, 11) is 0. The van der Waals surface area contributed by atoms with Crippen LogP contribution in [0.25, 0.3) is 0 Å². The van der Waals surface area contributed by atoms with Crippen LogP contribution in [0.15, 0.2) is 0 Å². The fraction of sp³-hybridized carbons (Fsp3) is 1.00. The second-order valence-corrected chi connectivity index (χ2v) is 0.877. The van der Waals surface area contributed by atoms with Crippen molar-refractivity contribution in [1.29, 1.82) is 0 Å². The molecule has 2 unspecified atom stereocenters. The Morgan fingerprint density at radius 1 is 1.00 bits per heavy atom. The molecule has 0 spiro atoms. The fourth-order valence-electron chi connectivity index (χ4n) is 0.217. The van der Waals surface area contributed by atoms with Crippen LogP contribution in [-0.2, 0) is 14.5 Å². The lowest BCUT2D eigenvalue weighted by molar-refractivity contribution is -0.335. The van der Waals surface area contributed by atoms with Crippen LogP contribution in [0.5, 0.6) is 0 Å². The summed E-state index contributed by atoms with van der Waals surface area (Å²) in [6.45, 7) is -4.15. The first-order valence-electron chi connectivity index (χ1n) is 1.55. The van der Waals surface area contributed by atoms with Gasteiger partial charge in [0.2, 0.25) is 0 Å². The van der Waals surface area contributed by atoms with Gasteiger partial charge < -0.3 is 0 Å². The van der Waals surface area contributed by atoms with Crippen molar-refractivity contribution in [2.24, 2.45) is 0 Å². The van der Waals surface area contributed by atoms with Gasteiger partial charge in [-0.25, -0.2) is 0 Å². The summed E-state index contributed by atoms with van der Waals surface area (Å²) in [5, 5.41) is 0. The zero-order valence-electron chi connectivity index (χ0n) is 3.14. The van der Waals surface area contributed by atoms with Crippen LogP contribution in [-0.4, -0.2) is 13.1 Å². The van der Waals surface area contributed by atoms with Gasteiger partial charge in [-0.2, -0.15) is 18.6 Å². The quantitative estimate of drug-likeness (QED) is 0.426.